The van der Waals surface area contributed by atoms with Crippen LogP contribution in [-0.2, 0) is 0 Å². The molecule has 1 saturated carbocycles. The lowest BCUT2D eigenvalue weighted by Crippen LogP contribution is -2.44. The molecule has 2 aromatic rings. The van der Waals surface area contributed by atoms with E-state index in [1.165, 1.54) is 45.0 Å². The highest BCUT2D eigenvalue weighted by Gasteiger charge is 2.33. The van der Waals surface area contributed by atoms with Crippen molar-refractivity contribution >= 4 is 17.2 Å². The predicted octanol–water partition coefficient (Wildman–Crippen LogP) is 5.09. The van der Waals surface area contributed by atoms with Gasteiger partial charge < -0.3 is 14.7 Å². The molecule has 5 heteroatoms. The molecule has 2 fully saturated rings. The number of hydrogen-bond donors (Lipinski definition) is 1. The first-order chi connectivity index (χ1) is 13.5. The zero-order valence-corrected chi connectivity index (χ0v) is 17.5. The maximum atomic E-state index is 8.98. The first-order valence-electron chi connectivity index (χ1n) is 10.8. The van der Waals surface area contributed by atoms with Gasteiger partial charge in [-0.05, 0) is 62.0 Å². The van der Waals surface area contributed by atoms with Gasteiger partial charge in [-0.1, -0.05) is 25.9 Å². The third-order valence-corrected chi connectivity index (χ3v) is 7.15. The smallest absolute Gasteiger partial charge is 0.140 e. The highest BCUT2D eigenvalue weighted by molar-refractivity contribution is 5.97. The molecule has 0 radical (unpaired) electrons. The lowest BCUT2D eigenvalue weighted by atomic mass is 9.71. The van der Waals surface area contributed by atoms with E-state index >= 15 is 0 Å². The fourth-order valence-electron chi connectivity index (χ4n) is 5.39. The van der Waals surface area contributed by atoms with Crippen molar-refractivity contribution in [2.75, 3.05) is 13.1 Å². The van der Waals surface area contributed by atoms with Crippen molar-refractivity contribution in [3.63, 3.8) is 0 Å². The van der Waals surface area contributed by atoms with Gasteiger partial charge in [0.15, 0.2) is 0 Å². The number of pyridine rings is 1. The summed E-state index contributed by atoms with van der Waals surface area (Å²) >= 11 is 0. The van der Waals surface area contributed by atoms with E-state index in [-0.39, 0.29) is 0 Å². The van der Waals surface area contributed by atoms with Gasteiger partial charge >= 0.3 is 0 Å². The summed E-state index contributed by atoms with van der Waals surface area (Å²) in [7, 11) is 0. The van der Waals surface area contributed by atoms with Crippen LogP contribution in [0.5, 0.6) is 0 Å². The first-order valence-corrected chi connectivity index (χ1v) is 10.8. The zero-order valence-electron chi connectivity index (χ0n) is 17.5. The Labute approximate surface area is 168 Å². The van der Waals surface area contributed by atoms with E-state index in [0.29, 0.717) is 11.5 Å². The molecular formula is C23H34N4O. The minimum Gasteiger partial charge on any atom is -0.411 e. The Morgan fingerprint density at radius 1 is 1.07 bits per heavy atom. The third kappa shape index (κ3) is 3.82. The monoisotopic (exact) mass is 382 g/mol. The Balaban J connectivity index is 1.41. The van der Waals surface area contributed by atoms with Crippen LogP contribution in [-0.4, -0.2) is 45.0 Å². The molecule has 0 spiro atoms. The highest BCUT2D eigenvalue weighted by atomic mass is 16.4. The SMILES string of the molecule is CC(C)(C)[C@H]1CC[C@@H](N2CCC(n3cc(C=NO)c4cccnc43)CC2)CC1. The van der Waals surface area contributed by atoms with Crippen molar-refractivity contribution in [1.82, 2.24) is 14.5 Å². The van der Waals surface area contributed by atoms with Gasteiger partial charge in [0.25, 0.3) is 0 Å². The summed E-state index contributed by atoms with van der Waals surface area (Å²) in [4.78, 5) is 7.35. The molecule has 0 bridgehead atoms. The molecule has 152 valence electrons. The number of piperidine rings is 1. The molecule has 0 amide bonds. The molecule has 0 atom stereocenters. The Hall–Kier alpha value is -1.88. The second-order valence-electron chi connectivity index (χ2n) is 9.75. The number of likely N-dealkylation sites (tertiary alicyclic amines) is 1. The molecule has 3 heterocycles. The maximum absolute atomic E-state index is 8.98. The van der Waals surface area contributed by atoms with Crippen molar-refractivity contribution in [3.8, 4) is 0 Å². The van der Waals surface area contributed by atoms with Crippen LogP contribution in [0.1, 0.15) is 70.9 Å². The summed E-state index contributed by atoms with van der Waals surface area (Å²) < 4.78 is 2.31. The van der Waals surface area contributed by atoms with Crippen molar-refractivity contribution in [1.29, 1.82) is 0 Å². The van der Waals surface area contributed by atoms with Crippen molar-refractivity contribution in [2.45, 2.75) is 71.4 Å². The van der Waals surface area contributed by atoms with Crippen LogP contribution in [0, 0.1) is 11.3 Å². The van der Waals surface area contributed by atoms with Gasteiger partial charge in [0, 0.05) is 48.5 Å². The Bertz CT molecular complexity index is 819. The third-order valence-electron chi connectivity index (χ3n) is 7.15. The summed E-state index contributed by atoms with van der Waals surface area (Å²) in [5, 5.41) is 13.3. The normalized spacial score (nSPS) is 25.7. The average molecular weight is 383 g/mol. The van der Waals surface area contributed by atoms with Gasteiger partial charge in [-0.25, -0.2) is 4.98 Å². The maximum Gasteiger partial charge on any atom is 0.140 e. The standard InChI is InChI=1S/C23H34N4O/c1-23(2,3)18-6-8-19(9-7-18)26-13-10-20(11-14-26)27-16-17(15-25-28)21-5-4-12-24-22(21)27/h4-5,12,15-16,18-20,28H,6-11,13-14H2,1-3H3/t18-,19+. The van der Waals surface area contributed by atoms with E-state index in [2.05, 4.69) is 52.6 Å². The molecule has 4 rings (SSSR count). The van der Waals surface area contributed by atoms with Crippen molar-refractivity contribution in [2.24, 2.45) is 16.5 Å². The number of aromatic nitrogens is 2. The molecule has 1 aliphatic carbocycles. The largest absolute Gasteiger partial charge is 0.411 e. The van der Waals surface area contributed by atoms with E-state index in [9.17, 15) is 0 Å². The van der Waals surface area contributed by atoms with E-state index < -0.39 is 0 Å². The minimum atomic E-state index is 0.454. The fraction of sp³-hybridized carbons (Fsp3) is 0.652. The molecule has 5 nitrogen and oxygen atoms in total. The lowest BCUT2D eigenvalue weighted by molar-refractivity contribution is 0.0722. The molecule has 0 aromatic carbocycles. The quantitative estimate of drug-likeness (QED) is 0.457. The summed E-state index contributed by atoms with van der Waals surface area (Å²) in [6.07, 6.45) is 13.3. The topological polar surface area (TPSA) is 53.7 Å². The van der Waals surface area contributed by atoms with E-state index in [4.69, 9.17) is 5.21 Å². The lowest BCUT2D eigenvalue weighted by Gasteiger charge is -2.43. The molecular weight excluding hydrogens is 348 g/mol. The second kappa shape index (κ2) is 7.86. The molecule has 2 aromatic heterocycles. The Kier molecular flexibility index (Phi) is 5.46. The van der Waals surface area contributed by atoms with Crippen LogP contribution in [0.2, 0.25) is 0 Å². The molecule has 1 aliphatic heterocycles. The molecule has 0 unspecified atom stereocenters. The first kappa shape index (κ1) is 19.4. The van der Waals surface area contributed by atoms with Crippen LogP contribution >= 0.6 is 0 Å². The van der Waals surface area contributed by atoms with Crippen molar-refractivity contribution < 1.29 is 5.21 Å². The molecule has 1 saturated heterocycles. The minimum absolute atomic E-state index is 0.454. The number of fused-ring (bicyclic) bond motifs is 1. The predicted molar refractivity (Wildman–Crippen MR) is 114 cm³/mol. The highest BCUT2D eigenvalue weighted by Crippen LogP contribution is 2.40. The number of nitrogens with zero attached hydrogens (tertiary/aromatic N) is 4. The van der Waals surface area contributed by atoms with Crippen LogP contribution in [0.15, 0.2) is 29.7 Å². The van der Waals surface area contributed by atoms with Crippen LogP contribution in [0.4, 0.5) is 0 Å². The van der Waals surface area contributed by atoms with Gasteiger partial charge in [-0.2, -0.15) is 0 Å². The second-order valence-corrected chi connectivity index (χ2v) is 9.75. The van der Waals surface area contributed by atoms with E-state index in [1.807, 2.05) is 12.3 Å². The van der Waals surface area contributed by atoms with Crippen LogP contribution in [0.25, 0.3) is 11.0 Å². The van der Waals surface area contributed by atoms with Gasteiger partial charge in [-0.15, -0.1) is 0 Å². The summed E-state index contributed by atoms with van der Waals surface area (Å²) in [6, 6.07) is 5.24. The van der Waals surface area contributed by atoms with Crippen LogP contribution in [0.3, 0.4) is 0 Å². The number of rotatable bonds is 3. The number of oxime groups is 1. The molecule has 2 aliphatic rings. The molecule has 28 heavy (non-hydrogen) atoms. The Morgan fingerprint density at radius 3 is 2.43 bits per heavy atom. The van der Waals surface area contributed by atoms with Gasteiger partial charge in [0.05, 0.1) is 6.21 Å². The van der Waals surface area contributed by atoms with E-state index in [0.717, 1.165) is 41.4 Å². The van der Waals surface area contributed by atoms with Gasteiger partial charge in [-0.3, -0.25) is 0 Å². The summed E-state index contributed by atoms with van der Waals surface area (Å²) in [5.41, 5.74) is 2.39. The van der Waals surface area contributed by atoms with Crippen molar-refractivity contribution in [3.05, 3.63) is 30.1 Å². The van der Waals surface area contributed by atoms with Crippen LogP contribution < -0.4 is 0 Å². The Morgan fingerprint density at radius 2 is 1.79 bits per heavy atom. The summed E-state index contributed by atoms with van der Waals surface area (Å²) in [6.45, 7) is 9.54. The molecule has 1 N–H and O–H groups in total. The fourth-order valence-corrected chi connectivity index (χ4v) is 5.39. The summed E-state index contributed by atoms with van der Waals surface area (Å²) in [5.74, 6) is 0.880. The number of hydrogen-bond acceptors (Lipinski definition) is 4. The van der Waals surface area contributed by atoms with E-state index in [1.54, 1.807) is 0 Å². The van der Waals surface area contributed by atoms with Gasteiger partial charge in [0.2, 0.25) is 0 Å². The zero-order chi connectivity index (χ0) is 19.7. The average Bonchev–Trinajstić information content (AvgIpc) is 3.07. The van der Waals surface area contributed by atoms with Gasteiger partial charge in [0.1, 0.15) is 5.65 Å².